The van der Waals surface area contributed by atoms with E-state index in [-0.39, 0.29) is 31.5 Å². The fourth-order valence-corrected chi connectivity index (χ4v) is 3.48. The number of hydrogen-bond donors (Lipinski definition) is 1. The van der Waals surface area contributed by atoms with Crippen molar-refractivity contribution in [1.82, 2.24) is 9.80 Å². The van der Waals surface area contributed by atoms with Crippen molar-refractivity contribution >= 4 is 46.2 Å². The van der Waals surface area contributed by atoms with Gasteiger partial charge in [0.1, 0.15) is 10.9 Å². The van der Waals surface area contributed by atoms with E-state index in [1.165, 1.54) is 21.6 Å². The van der Waals surface area contributed by atoms with Crippen LogP contribution in [0.15, 0.2) is 47.4 Å². The van der Waals surface area contributed by atoms with Crippen molar-refractivity contribution in [2.24, 2.45) is 0 Å². The van der Waals surface area contributed by atoms with E-state index in [1.54, 1.807) is 12.2 Å². The first-order valence-corrected chi connectivity index (χ1v) is 9.15. The van der Waals surface area contributed by atoms with Gasteiger partial charge in [-0.05, 0) is 18.6 Å². The second-order valence-electron chi connectivity index (χ2n) is 5.26. The van der Waals surface area contributed by atoms with E-state index in [2.05, 4.69) is 0 Å². The Morgan fingerprint density at radius 3 is 2.72 bits per heavy atom. The summed E-state index contributed by atoms with van der Waals surface area (Å²) in [5, 5.41) is 8.99. The summed E-state index contributed by atoms with van der Waals surface area (Å²) in [4.78, 5) is 28.0. The smallest absolute Gasteiger partial charge is 0.266 e. The van der Waals surface area contributed by atoms with Gasteiger partial charge in [-0.2, -0.15) is 0 Å². The van der Waals surface area contributed by atoms with Crippen LogP contribution in [0.25, 0.3) is 6.08 Å². The van der Waals surface area contributed by atoms with E-state index in [1.807, 2.05) is 43.3 Å². The maximum absolute atomic E-state index is 12.5. The molecule has 132 valence electrons. The van der Waals surface area contributed by atoms with Crippen LogP contribution in [0.5, 0.6) is 0 Å². The molecule has 0 bridgehead atoms. The molecule has 1 aromatic carbocycles. The fraction of sp³-hybridized carbons (Fsp3) is 0.278. The first-order chi connectivity index (χ1) is 12.1. The molecule has 0 atom stereocenters. The summed E-state index contributed by atoms with van der Waals surface area (Å²) in [5.41, 5.74) is 1.03. The molecule has 7 heteroatoms. The SMILES string of the molecule is CCN(CCO)C(=O)CN1C(=O)/C(=C/C=C/c2ccccc2)SC1=S. The molecule has 0 saturated carbocycles. The van der Waals surface area contributed by atoms with Crippen LogP contribution in [0.4, 0.5) is 0 Å². The number of nitrogens with zero attached hydrogens (tertiary/aromatic N) is 2. The number of aliphatic hydroxyl groups is 1. The number of carbonyl (C=O) groups excluding carboxylic acids is 2. The number of hydrogen-bond acceptors (Lipinski definition) is 5. The van der Waals surface area contributed by atoms with Crippen molar-refractivity contribution in [2.45, 2.75) is 6.92 Å². The predicted octanol–water partition coefficient (Wildman–Crippen LogP) is 2.28. The van der Waals surface area contributed by atoms with Crippen molar-refractivity contribution in [1.29, 1.82) is 0 Å². The fourth-order valence-electron chi connectivity index (χ4n) is 2.28. The lowest BCUT2D eigenvalue weighted by molar-refractivity contribution is -0.135. The number of thiocarbonyl (C=S) groups is 1. The molecule has 0 aliphatic carbocycles. The van der Waals surface area contributed by atoms with Gasteiger partial charge in [-0.25, -0.2) is 0 Å². The Hall–Kier alpha value is -1.96. The van der Waals surface area contributed by atoms with Gasteiger partial charge in [0.2, 0.25) is 5.91 Å². The molecule has 1 N–H and O–H groups in total. The molecule has 1 heterocycles. The third-order valence-corrected chi connectivity index (χ3v) is 5.00. The summed E-state index contributed by atoms with van der Waals surface area (Å²) >= 11 is 6.42. The lowest BCUT2D eigenvalue weighted by Gasteiger charge is -2.22. The van der Waals surface area contributed by atoms with Crippen molar-refractivity contribution in [3.63, 3.8) is 0 Å². The molecule has 0 radical (unpaired) electrons. The highest BCUT2D eigenvalue weighted by Crippen LogP contribution is 2.30. The zero-order chi connectivity index (χ0) is 18.2. The summed E-state index contributed by atoms with van der Waals surface area (Å²) in [7, 11) is 0. The molecule has 0 aromatic heterocycles. The minimum atomic E-state index is -0.263. The number of likely N-dealkylation sites (N-methyl/N-ethyl adjacent to an activating group) is 1. The molecular formula is C18H20N2O3S2. The lowest BCUT2D eigenvalue weighted by Crippen LogP contribution is -2.43. The normalized spacial score (nSPS) is 16.2. The Morgan fingerprint density at radius 1 is 1.36 bits per heavy atom. The Balaban J connectivity index is 2.03. The summed E-state index contributed by atoms with van der Waals surface area (Å²) in [6.45, 7) is 2.34. The average Bonchev–Trinajstić information content (AvgIpc) is 2.88. The van der Waals surface area contributed by atoms with Gasteiger partial charge in [-0.15, -0.1) is 0 Å². The molecule has 1 aliphatic rings. The summed E-state index contributed by atoms with van der Waals surface area (Å²) in [6.07, 6.45) is 5.41. The number of rotatable bonds is 7. The number of aliphatic hydroxyl groups excluding tert-OH is 1. The maximum Gasteiger partial charge on any atom is 0.266 e. The predicted molar refractivity (Wildman–Crippen MR) is 105 cm³/mol. The van der Waals surface area contributed by atoms with E-state index in [4.69, 9.17) is 17.3 Å². The number of allylic oxidation sites excluding steroid dienone is 2. The lowest BCUT2D eigenvalue weighted by atomic mass is 10.2. The van der Waals surface area contributed by atoms with Gasteiger partial charge in [0.05, 0.1) is 11.5 Å². The molecule has 1 saturated heterocycles. The van der Waals surface area contributed by atoms with Crippen LogP contribution in [0, 0.1) is 0 Å². The minimum absolute atomic E-state index is 0.0990. The second-order valence-corrected chi connectivity index (χ2v) is 6.93. The number of amides is 2. The Bertz CT molecular complexity index is 702. The number of thioether (sulfide) groups is 1. The maximum atomic E-state index is 12.5. The standard InChI is InChI=1S/C18H20N2O3S2/c1-2-19(11-12-21)16(22)13-20-17(23)15(25-18(20)24)10-6-9-14-7-4-3-5-8-14/h3-10,21H,2,11-13H2,1H3/b9-6+,15-10-. The molecule has 2 amide bonds. The third-order valence-electron chi connectivity index (χ3n) is 3.61. The van der Waals surface area contributed by atoms with Crippen molar-refractivity contribution in [3.05, 3.63) is 53.0 Å². The zero-order valence-corrected chi connectivity index (χ0v) is 15.6. The van der Waals surface area contributed by atoms with Crippen molar-refractivity contribution in [2.75, 3.05) is 26.2 Å². The first-order valence-electron chi connectivity index (χ1n) is 7.92. The monoisotopic (exact) mass is 376 g/mol. The Labute approximate surface area is 157 Å². The van der Waals surface area contributed by atoms with Gasteiger partial charge in [0.25, 0.3) is 5.91 Å². The molecule has 0 unspecified atom stereocenters. The molecule has 2 rings (SSSR count). The highest BCUT2D eigenvalue weighted by atomic mass is 32.2. The number of benzene rings is 1. The molecule has 1 aromatic rings. The molecule has 25 heavy (non-hydrogen) atoms. The van der Waals surface area contributed by atoms with Crippen LogP contribution in [0.2, 0.25) is 0 Å². The van der Waals surface area contributed by atoms with E-state index in [0.29, 0.717) is 15.8 Å². The highest BCUT2D eigenvalue weighted by molar-refractivity contribution is 8.26. The summed E-state index contributed by atoms with van der Waals surface area (Å²) in [5.74, 6) is -0.491. The van der Waals surface area contributed by atoms with Gasteiger partial charge in [-0.1, -0.05) is 66.5 Å². The van der Waals surface area contributed by atoms with Crippen LogP contribution in [0.1, 0.15) is 12.5 Å². The van der Waals surface area contributed by atoms with E-state index in [9.17, 15) is 9.59 Å². The van der Waals surface area contributed by atoms with Crippen molar-refractivity contribution < 1.29 is 14.7 Å². The van der Waals surface area contributed by atoms with E-state index < -0.39 is 0 Å². The van der Waals surface area contributed by atoms with Crippen LogP contribution < -0.4 is 0 Å². The molecule has 5 nitrogen and oxygen atoms in total. The van der Waals surface area contributed by atoms with Gasteiger partial charge in [0.15, 0.2) is 0 Å². The quantitative estimate of drug-likeness (QED) is 0.584. The summed E-state index contributed by atoms with van der Waals surface area (Å²) in [6, 6.07) is 9.76. The Kier molecular flexibility index (Phi) is 7.36. The Morgan fingerprint density at radius 2 is 2.08 bits per heavy atom. The van der Waals surface area contributed by atoms with Crippen LogP contribution in [-0.2, 0) is 9.59 Å². The van der Waals surface area contributed by atoms with Gasteiger partial charge < -0.3 is 10.0 Å². The van der Waals surface area contributed by atoms with E-state index >= 15 is 0 Å². The minimum Gasteiger partial charge on any atom is -0.395 e. The van der Waals surface area contributed by atoms with Crippen LogP contribution in [-0.4, -0.2) is 57.3 Å². The first kappa shape index (κ1) is 19.4. The molecular weight excluding hydrogens is 356 g/mol. The molecule has 1 aliphatic heterocycles. The zero-order valence-electron chi connectivity index (χ0n) is 13.9. The molecule has 1 fully saturated rings. The highest BCUT2D eigenvalue weighted by Gasteiger charge is 2.33. The van der Waals surface area contributed by atoms with Gasteiger partial charge >= 0.3 is 0 Å². The van der Waals surface area contributed by atoms with Crippen molar-refractivity contribution in [3.8, 4) is 0 Å². The number of carbonyl (C=O) groups is 2. The van der Waals surface area contributed by atoms with Crippen LogP contribution in [0.3, 0.4) is 0 Å². The second kappa shape index (κ2) is 9.50. The molecule has 0 spiro atoms. The van der Waals surface area contributed by atoms with Crippen LogP contribution >= 0.6 is 24.0 Å². The van der Waals surface area contributed by atoms with Gasteiger partial charge in [0, 0.05) is 13.1 Å². The third kappa shape index (κ3) is 5.26. The largest absolute Gasteiger partial charge is 0.395 e. The average molecular weight is 377 g/mol. The van der Waals surface area contributed by atoms with E-state index in [0.717, 1.165) is 5.56 Å². The van der Waals surface area contributed by atoms with Gasteiger partial charge in [-0.3, -0.25) is 14.5 Å². The topological polar surface area (TPSA) is 60.9 Å². The summed E-state index contributed by atoms with van der Waals surface area (Å²) < 4.78 is 0.373.